The smallest absolute Gasteiger partial charge is 0.326 e. The van der Waals surface area contributed by atoms with Gasteiger partial charge in [-0.15, -0.1) is 0 Å². The van der Waals surface area contributed by atoms with Gasteiger partial charge in [0, 0.05) is 30.7 Å². The number of para-hydroxylation sites is 1. The summed E-state index contributed by atoms with van der Waals surface area (Å²) in [4.78, 5) is 27.8. The molecular formula is C29H35N7O2. The van der Waals surface area contributed by atoms with Gasteiger partial charge < -0.3 is 20.6 Å². The molecule has 2 aliphatic rings. The number of nitrogens with zero attached hydrogens (tertiary/aromatic N) is 5. The van der Waals surface area contributed by atoms with E-state index in [0.717, 1.165) is 80.4 Å². The number of anilines is 2. The molecule has 3 heterocycles. The lowest BCUT2D eigenvalue weighted by Gasteiger charge is -2.26. The first kappa shape index (κ1) is 25.9. The second kappa shape index (κ2) is 11.7. The van der Waals surface area contributed by atoms with Crippen LogP contribution < -0.4 is 10.6 Å². The Morgan fingerprint density at radius 3 is 2.87 bits per heavy atom. The van der Waals surface area contributed by atoms with Gasteiger partial charge in [-0.1, -0.05) is 18.2 Å². The Bertz CT molecular complexity index is 1310. The number of pyridine rings is 1. The Morgan fingerprint density at radius 2 is 2.05 bits per heavy atom. The normalized spacial score (nSPS) is 16.3. The highest BCUT2D eigenvalue weighted by atomic mass is 16.4. The molecule has 1 aliphatic carbocycles. The van der Waals surface area contributed by atoms with E-state index in [1.807, 2.05) is 24.3 Å². The number of nitriles is 1. The van der Waals surface area contributed by atoms with Crippen molar-refractivity contribution in [3.63, 3.8) is 0 Å². The molecule has 0 unspecified atom stereocenters. The van der Waals surface area contributed by atoms with Crippen LogP contribution >= 0.6 is 0 Å². The first-order valence-electron chi connectivity index (χ1n) is 13.6. The molecule has 9 nitrogen and oxygen atoms in total. The highest BCUT2D eigenvalue weighted by molar-refractivity contribution is 5.90. The monoisotopic (exact) mass is 513 g/mol. The Hall–Kier alpha value is -3.77. The van der Waals surface area contributed by atoms with Crippen LogP contribution in [-0.4, -0.2) is 63.1 Å². The van der Waals surface area contributed by atoms with E-state index in [-0.39, 0.29) is 5.41 Å². The highest BCUT2D eigenvalue weighted by Crippen LogP contribution is 2.45. The summed E-state index contributed by atoms with van der Waals surface area (Å²) in [5.41, 5.74) is 2.90. The molecule has 0 radical (unpaired) electrons. The zero-order chi connectivity index (χ0) is 26.4. The van der Waals surface area contributed by atoms with E-state index < -0.39 is 12.0 Å². The Labute approximate surface area is 223 Å². The topological polar surface area (TPSA) is 127 Å². The van der Waals surface area contributed by atoms with Crippen molar-refractivity contribution >= 4 is 28.5 Å². The number of aryl methyl sites for hydroxylation is 2. The lowest BCUT2D eigenvalue weighted by atomic mass is 10.1. The number of nitrogens with one attached hydrogen (secondary N) is 2. The Morgan fingerprint density at radius 1 is 1.18 bits per heavy atom. The number of fused-ring (bicyclic) bond motifs is 2. The first-order chi connectivity index (χ1) is 18.5. The molecule has 5 rings (SSSR count). The van der Waals surface area contributed by atoms with Crippen molar-refractivity contribution in [1.29, 1.82) is 5.26 Å². The molecule has 38 heavy (non-hydrogen) atoms. The second-order valence-corrected chi connectivity index (χ2v) is 10.5. The SMILES string of the molecule is N#CC1(CN(CCCCc2ccc3c(n2)NCCC3)CC[C@H](Nc2ncnc3ccccc23)C(=O)O)CC1. The third kappa shape index (κ3) is 6.37. The van der Waals surface area contributed by atoms with Crippen LogP contribution in [0.5, 0.6) is 0 Å². The molecule has 2 aromatic heterocycles. The van der Waals surface area contributed by atoms with Crippen LogP contribution in [0.15, 0.2) is 42.7 Å². The lowest BCUT2D eigenvalue weighted by molar-refractivity contribution is -0.138. The molecule has 1 aliphatic heterocycles. The van der Waals surface area contributed by atoms with Gasteiger partial charge in [-0.05, 0) is 81.7 Å². The number of rotatable bonds is 13. The summed E-state index contributed by atoms with van der Waals surface area (Å²) >= 11 is 0. The van der Waals surface area contributed by atoms with Crippen LogP contribution in [0.1, 0.15) is 49.8 Å². The number of unbranched alkanes of at least 4 members (excludes halogenated alkanes) is 1. The number of carbonyl (C=O) groups is 1. The molecule has 0 amide bonds. The third-order valence-electron chi connectivity index (χ3n) is 7.61. The summed E-state index contributed by atoms with van der Waals surface area (Å²) in [6.45, 7) is 3.10. The van der Waals surface area contributed by atoms with Gasteiger partial charge in [0.1, 0.15) is 24.0 Å². The third-order valence-corrected chi connectivity index (χ3v) is 7.61. The minimum atomic E-state index is -0.916. The zero-order valence-corrected chi connectivity index (χ0v) is 21.7. The van der Waals surface area contributed by atoms with Crippen LogP contribution in [0.3, 0.4) is 0 Å². The van der Waals surface area contributed by atoms with E-state index in [4.69, 9.17) is 4.98 Å². The number of aromatic nitrogens is 3. The molecular weight excluding hydrogens is 478 g/mol. The van der Waals surface area contributed by atoms with Crippen molar-refractivity contribution in [2.75, 3.05) is 36.8 Å². The first-order valence-corrected chi connectivity index (χ1v) is 13.6. The minimum Gasteiger partial charge on any atom is -0.480 e. The summed E-state index contributed by atoms with van der Waals surface area (Å²) < 4.78 is 0. The molecule has 0 bridgehead atoms. The summed E-state index contributed by atoms with van der Waals surface area (Å²) in [6.07, 6.45) is 8.81. The van der Waals surface area contributed by atoms with Crippen LogP contribution in [0.2, 0.25) is 0 Å². The zero-order valence-electron chi connectivity index (χ0n) is 21.7. The quantitative estimate of drug-likeness (QED) is 0.287. The predicted molar refractivity (Wildman–Crippen MR) is 147 cm³/mol. The van der Waals surface area contributed by atoms with Gasteiger partial charge in [0.2, 0.25) is 0 Å². The maximum atomic E-state index is 12.1. The number of benzene rings is 1. The number of aliphatic carboxylic acids is 1. The number of hydrogen-bond acceptors (Lipinski definition) is 8. The average Bonchev–Trinajstić information content (AvgIpc) is 3.72. The average molecular weight is 514 g/mol. The van der Waals surface area contributed by atoms with Crippen molar-refractivity contribution in [2.24, 2.45) is 5.41 Å². The van der Waals surface area contributed by atoms with Crippen LogP contribution in [0, 0.1) is 16.7 Å². The summed E-state index contributed by atoms with van der Waals surface area (Å²) in [7, 11) is 0. The summed E-state index contributed by atoms with van der Waals surface area (Å²) in [5, 5.41) is 26.9. The van der Waals surface area contributed by atoms with Crippen LogP contribution in [0.25, 0.3) is 10.9 Å². The Balaban J connectivity index is 1.18. The van der Waals surface area contributed by atoms with E-state index in [2.05, 4.69) is 43.7 Å². The maximum Gasteiger partial charge on any atom is 0.326 e. The van der Waals surface area contributed by atoms with E-state index in [1.54, 1.807) is 0 Å². The van der Waals surface area contributed by atoms with Gasteiger partial charge in [0.15, 0.2) is 0 Å². The van der Waals surface area contributed by atoms with Gasteiger partial charge >= 0.3 is 5.97 Å². The van der Waals surface area contributed by atoms with Crippen molar-refractivity contribution in [3.8, 4) is 6.07 Å². The molecule has 1 saturated carbocycles. The predicted octanol–water partition coefficient (Wildman–Crippen LogP) is 4.27. The fourth-order valence-corrected chi connectivity index (χ4v) is 5.16. The van der Waals surface area contributed by atoms with Gasteiger partial charge in [0.05, 0.1) is 17.0 Å². The number of carboxylic acids is 1. The van der Waals surface area contributed by atoms with Gasteiger partial charge in [-0.3, -0.25) is 0 Å². The molecule has 1 atom stereocenters. The minimum absolute atomic E-state index is 0.277. The Kier molecular flexibility index (Phi) is 7.99. The van der Waals surface area contributed by atoms with Gasteiger partial charge in [-0.25, -0.2) is 19.7 Å². The van der Waals surface area contributed by atoms with E-state index in [9.17, 15) is 15.2 Å². The fraction of sp³-hybridized carbons (Fsp3) is 0.483. The summed E-state index contributed by atoms with van der Waals surface area (Å²) in [6, 6.07) is 13.6. The van der Waals surface area contributed by atoms with E-state index in [1.165, 1.54) is 11.9 Å². The van der Waals surface area contributed by atoms with Crippen LogP contribution in [0.4, 0.5) is 11.6 Å². The number of carboxylic acid groups (broad SMARTS) is 1. The molecule has 3 aromatic rings. The molecule has 0 saturated heterocycles. The molecule has 9 heteroatoms. The van der Waals surface area contributed by atoms with Crippen molar-refractivity contribution in [1.82, 2.24) is 19.9 Å². The largest absolute Gasteiger partial charge is 0.480 e. The number of hydrogen-bond donors (Lipinski definition) is 3. The van der Waals surface area contributed by atoms with E-state index >= 15 is 0 Å². The molecule has 1 fully saturated rings. The van der Waals surface area contributed by atoms with E-state index in [0.29, 0.717) is 25.3 Å². The van der Waals surface area contributed by atoms with Crippen molar-refractivity contribution in [2.45, 2.75) is 57.4 Å². The highest BCUT2D eigenvalue weighted by Gasteiger charge is 2.44. The second-order valence-electron chi connectivity index (χ2n) is 10.5. The maximum absolute atomic E-state index is 12.1. The lowest BCUT2D eigenvalue weighted by Crippen LogP contribution is -2.38. The molecule has 0 spiro atoms. The molecule has 3 N–H and O–H groups in total. The molecule has 198 valence electrons. The fourth-order valence-electron chi connectivity index (χ4n) is 5.16. The molecule has 1 aromatic carbocycles. The van der Waals surface area contributed by atoms with Crippen molar-refractivity contribution in [3.05, 3.63) is 54.0 Å². The van der Waals surface area contributed by atoms with Crippen LogP contribution in [-0.2, 0) is 17.6 Å². The van der Waals surface area contributed by atoms with Crippen molar-refractivity contribution < 1.29 is 9.90 Å². The summed E-state index contributed by atoms with van der Waals surface area (Å²) in [5.74, 6) is 0.641. The van der Waals surface area contributed by atoms with Gasteiger partial charge in [0.25, 0.3) is 0 Å². The standard InChI is InChI=1S/C29H35N7O2/c30-18-29(13-14-29)19-36(16-4-3-7-22-11-10-21-6-5-15-31-26(21)34-22)17-12-25(28(37)38)35-27-23-8-1-2-9-24(23)32-20-33-27/h1-2,8-11,20,25H,3-7,12-17,19H2,(H,31,34)(H,37,38)(H,32,33,35)/t25-/m0/s1. The van der Waals surface area contributed by atoms with Gasteiger partial charge in [-0.2, -0.15) is 5.26 Å².